The van der Waals surface area contributed by atoms with Gasteiger partial charge in [-0.05, 0) is 75.4 Å². The summed E-state index contributed by atoms with van der Waals surface area (Å²) in [6.07, 6.45) is 8.69. The van der Waals surface area contributed by atoms with E-state index in [0.717, 1.165) is 35.7 Å². The predicted octanol–water partition coefficient (Wildman–Crippen LogP) is 4.91. The minimum absolute atomic E-state index is 0.0842. The quantitative estimate of drug-likeness (QED) is 0.159. The number of halogens is 2. The molecule has 0 bridgehead atoms. The number of carboxylic acid groups (broad SMARTS) is 1. The Bertz CT molecular complexity index is 2000. The Balaban J connectivity index is 0.000000159. The normalized spacial score (nSPS) is 13.7. The standard InChI is InChI=1S/C16H18N4O2.C13H14FN3O2.C7H8FNO/c1-11-12(7-20-8-13(6-17-20)15(21)22)2-3-14(18-11)19-9-16(10-19)4-5-16;1-3-19-13(18)11-6-15-17(8-11)7-10-4-5-12(14)16-9(10)2;1-5-6(4-10)2-3-7(8)9-5/h2-3,6,8H,4-5,7,9-10H2,1H3,(H,21,22);4-6,8H,3,7H2,1-2H3;2-3,10H,4H2,1H3. The van der Waals surface area contributed by atoms with Gasteiger partial charge >= 0.3 is 11.9 Å². The van der Waals surface area contributed by atoms with Crippen LogP contribution in [0.15, 0.2) is 61.2 Å². The maximum absolute atomic E-state index is 12.9. The van der Waals surface area contributed by atoms with Crippen molar-refractivity contribution in [2.75, 3.05) is 24.6 Å². The molecule has 51 heavy (non-hydrogen) atoms. The molecular weight excluding hydrogens is 662 g/mol. The molecule has 268 valence electrons. The van der Waals surface area contributed by atoms with Gasteiger partial charge in [-0.25, -0.2) is 24.5 Å². The first-order valence-corrected chi connectivity index (χ1v) is 16.4. The van der Waals surface area contributed by atoms with Crippen LogP contribution in [0.2, 0.25) is 0 Å². The number of ether oxygens (including phenoxy) is 1. The molecule has 2 N–H and O–H groups in total. The van der Waals surface area contributed by atoms with E-state index in [-0.39, 0.29) is 12.2 Å². The molecule has 6 heterocycles. The van der Waals surface area contributed by atoms with Gasteiger partial charge in [-0.1, -0.05) is 18.2 Å². The molecule has 2 aliphatic rings. The third-order valence-electron chi connectivity index (χ3n) is 8.70. The van der Waals surface area contributed by atoms with Crippen LogP contribution >= 0.6 is 0 Å². The zero-order valence-electron chi connectivity index (χ0n) is 28.9. The fourth-order valence-corrected chi connectivity index (χ4v) is 5.47. The van der Waals surface area contributed by atoms with E-state index >= 15 is 0 Å². The van der Waals surface area contributed by atoms with E-state index in [1.807, 2.05) is 6.92 Å². The highest BCUT2D eigenvalue weighted by Crippen LogP contribution is 2.53. The van der Waals surface area contributed by atoms with E-state index in [1.165, 1.54) is 43.4 Å². The van der Waals surface area contributed by atoms with Crippen molar-refractivity contribution in [3.63, 3.8) is 0 Å². The number of carbonyl (C=O) groups is 2. The van der Waals surface area contributed by atoms with Crippen molar-refractivity contribution in [2.24, 2.45) is 5.41 Å². The summed E-state index contributed by atoms with van der Waals surface area (Å²) in [5, 5.41) is 25.7. The monoisotopic (exact) mass is 702 g/mol. The molecule has 0 aromatic carbocycles. The van der Waals surface area contributed by atoms with Crippen LogP contribution < -0.4 is 4.90 Å². The third kappa shape index (κ3) is 9.57. The highest BCUT2D eigenvalue weighted by Gasteiger charge is 2.52. The molecule has 1 spiro atoms. The summed E-state index contributed by atoms with van der Waals surface area (Å²) in [4.78, 5) is 36.7. The van der Waals surface area contributed by atoms with Crippen molar-refractivity contribution in [3.8, 4) is 0 Å². The summed E-state index contributed by atoms with van der Waals surface area (Å²) in [7, 11) is 0. The second-order valence-electron chi connectivity index (χ2n) is 12.6. The summed E-state index contributed by atoms with van der Waals surface area (Å²) in [6.45, 7) is 10.6. The number of carbonyl (C=O) groups excluding carboxylic acids is 1. The van der Waals surface area contributed by atoms with E-state index in [2.05, 4.69) is 37.2 Å². The number of aryl methyl sites for hydroxylation is 3. The van der Waals surface area contributed by atoms with Crippen molar-refractivity contribution < 1.29 is 33.3 Å². The van der Waals surface area contributed by atoms with Gasteiger partial charge in [0, 0.05) is 48.0 Å². The van der Waals surface area contributed by atoms with E-state index in [0.29, 0.717) is 47.6 Å². The van der Waals surface area contributed by atoms with Gasteiger partial charge in [0.15, 0.2) is 0 Å². The summed E-state index contributed by atoms with van der Waals surface area (Å²) >= 11 is 0. The molecule has 1 saturated carbocycles. The Labute approximate surface area is 293 Å². The summed E-state index contributed by atoms with van der Waals surface area (Å²) in [5.74, 6) is -1.32. The van der Waals surface area contributed by atoms with Gasteiger partial charge in [0.25, 0.3) is 0 Å². The molecule has 2 fully saturated rings. The van der Waals surface area contributed by atoms with Crippen LogP contribution in [0.4, 0.5) is 14.6 Å². The highest BCUT2D eigenvalue weighted by atomic mass is 19.1. The average molecular weight is 703 g/mol. The van der Waals surface area contributed by atoms with Gasteiger partial charge in [0.1, 0.15) is 5.82 Å². The maximum atomic E-state index is 12.9. The Morgan fingerprint density at radius 1 is 0.784 bits per heavy atom. The number of carboxylic acids is 1. The van der Waals surface area contributed by atoms with Gasteiger partial charge in [-0.3, -0.25) is 9.36 Å². The maximum Gasteiger partial charge on any atom is 0.341 e. The zero-order chi connectivity index (χ0) is 36.7. The van der Waals surface area contributed by atoms with Crippen molar-refractivity contribution in [1.82, 2.24) is 34.5 Å². The molecule has 1 saturated heterocycles. The molecule has 0 amide bonds. The zero-order valence-corrected chi connectivity index (χ0v) is 28.9. The molecule has 0 radical (unpaired) electrons. The number of pyridine rings is 3. The number of hydrogen-bond acceptors (Lipinski definition) is 10. The average Bonchev–Trinajstić information content (AvgIpc) is 3.50. The van der Waals surface area contributed by atoms with Crippen LogP contribution in [0, 0.1) is 38.1 Å². The van der Waals surface area contributed by atoms with Crippen LogP contribution in [0.25, 0.3) is 0 Å². The van der Waals surface area contributed by atoms with Gasteiger partial charge < -0.3 is 19.8 Å². The lowest BCUT2D eigenvalue weighted by Gasteiger charge is -2.41. The molecule has 15 heteroatoms. The number of esters is 1. The molecule has 0 atom stereocenters. The minimum atomic E-state index is -0.955. The van der Waals surface area contributed by atoms with Gasteiger partial charge in [-0.2, -0.15) is 19.0 Å². The first-order chi connectivity index (χ1) is 24.4. The molecule has 0 unspecified atom stereocenters. The Morgan fingerprint density at radius 3 is 1.76 bits per heavy atom. The van der Waals surface area contributed by atoms with Gasteiger partial charge in [-0.15, -0.1) is 0 Å². The number of aliphatic hydroxyl groups excluding tert-OH is 1. The van der Waals surface area contributed by atoms with Crippen LogP contribution in [0.5, 0.6) is 0 Å². The Hall–Kier alpha value is -5.57. The van der Waals surface area contributed by atoms with Crippen LogP contribution in [0.1, 0.15) is 74.3 Å². The molecule has 13 nitrogen and oxygen atoms in total. The lowest BCUT2D eigenvalue weighted by Crippen LogP contribution is -2.48. The smallest absolute Gasteiger partial charge is 0.341 e. The largest absolute Gasteiger partial charge is 0.478 e. The van der Waals surface area contributed by atoms with Crippen LogP contribution in [-0.2, 0) is 24.4 Å². The predicted molar refractivity (Wildman–Crippen MR) is 182 cm³/mol. The number of aromatic nitrogens is 7. The number of rotatable bonds is 9. The fraction of sp³-hybridized carbons (Fsp3) is 0.361. The van der Waals surface area contributed by atoms with E-state index in [1.54, 1.807) is 48.6 Å². The second-order valence-corrected chi connectivity index (χ2v) is 12.6. The first kappa shape index (κ1) is 36.7. The van der Waals surface area contributed by atoms with Crippen molar-refractivity contribution >= 4 is 17.8 Å². The van der Waals surface area contributed by atoms with E-state index < -0.39 is 23.8 Å². The number of aromatic carboxylic acids is 1. The number of anilines is 1. The number of hydrogen-bond donors (Lipinski definition) is 2. The summed E-state index contributed by atoms with van der Waals surface area (Å²) in [5.41, 5.74) is 5.92. The van der Waals surface area contributed by atoms with Crippen LogP contribution in [-0.4, -0.2) is 76.4 Å². The van der Waals surface area contributed by atoms with Gasteiger partial charge in [0.2, 0.25) is 11.9 Å². The van der Waals surface area contributed by atoms with Crippen molar-refractivity contribution in [2.45, 2.75) is 60.2 Å². The summed E-state index contributed by atoms with van der Waals surface area (Å²) in [6, 6.07) is 9.84. The van der Waals surface area contributed by atoms with E-state index in [9.17, 15) is 18.4 Å². The van der Waals surface area contributed by atoms with Crippen molar-refractivity contribution in [3.05, 3.63) is 118 Å². The third-order valence-corrected chi connectivity index (χ3v) is 8.70. The number of nitrogens with zero attached hydrogens (tertiary/aromatic N) is 8. The first-order valence-electron chi connectivity index (χ1n) is 16.4. The Kier molecular flexibility index (Phi) is 11.5. The molecule has 5 aromatic heterocycles. The Morgan fingerprint density at radius 2 is 1.29 bits per heavy atom. The molecule has 1 aliphatic heterocycles. The lowest BCUT2D eigenvalue weighted by atomic mass is 9.97. The van der Waals surface area contributed by atoms with Crippen molar-refractivity contribution in [1.29, 1.82) is 0 Å². The number of aliphatic hydroxyl groups is 1. The summed E-state index contributed by atoms with van der Waals surface area (Å²) < 4.78 is 33.3. The van der Waals surface area contributed by atoms with E-state index in [4.69, 9.17) is 19.9 Å². The molecule has 5 aromatic rings. The highest BCUT2D eigenvalue weighted by molar-refractivity contribution is 5.88. The lowest BCUT2D eigenvalue weighted by molar-refractivity contribution is 0.0525. The topological polar surface area (TPSA) is 161 Å². The molecular formula is C36H40F2N8O5. The second kappa shape index (κ2) is 16.0. The fourth-order valence-electron chi connectivity index (χ4n) is 5.47. The SMILES string of the molecule is CCOC(=O)c1cnn(Cc2ccc(F)nc2C)c1.Cc1nc(F)ccc1CO.Cc1nc(N2CC3(CC3)C2)ccc1Cn1cc(C(=O)O)cn1. The van der Waals surface area contributed by atoms with Crippen LogP contribution in [0.3, 0.4) is 0 Å². The minimum Gasteiger partial charge on any atom is -0.478 e. The molecule has 7 rings (SSSR count). The molecule has 1 aliphatic carbocycles. The van der Waals surface area contributed by atoms with Gasteiger partial charge in [0.05, 0.1) is 49.8 Å².